The minimum atomic E-state index is -0.737. The molecule has 0 radical (unpaired) electrons. The quantitative estimate of drug-likeness (QED) is 0.887. The fourth-order valence-electron chi connectivity index (χ4n) is 2.78. The van der Waals surface area contributed by atoms with E-state index in [-0.39, 0.29) is 5.41 Å². The molecule has 0 atom stereocenters. The molecular formula is C14H17ClO2. The Hall–Kier alpha value is -1.02. The minimum Gasteiger partial charge on any atom is -0.481 e. The Morgan fingerprint density at radius 2 is 1.82 bits per heavy atom. The second kappa shape index (κ2) is 4.02. The number of hydrogen-bond acceptors (Lipinski definition) is 1. The summed E-state index contributed by atoms with van der Waals surface area (Å²) in [7, 11) is 0. The molecular weight excluding hydrogens is 236 g/mol. The highest BCUT2D eigenvalue weighted by molar-refractivity contribution is 6.30. The molecule has 0 unspecified atom stereocenters. The normalized spacial score (nSPS) is 18.5. The van der Waals surface area contributed by atoms with Gasteiger partial charge in [-0.25, -0.2) is 0 Å². The number of aliphatic carboxylic acids is 1. The van der Waals surface area contributed by atoms with Crippen molar-refractivity contribution in [3.63, 3.8) is 0 Å². The summed E-state index contributed by atoms with van der Waals surface area (Å²) in [6, 6.07) is 7.61. The first-order valence-corrected chi connectivity index (χ1v) is 6.27. The monoisotopic (exact) mass is 252 g/mol. The average molecular weight is 253 g/mol. The summed E-state index contributed by atoms with van der Waals surface area (Å²) in [5.41, 5.74) is 0.128. The van der Waals surface area contributed by atoms with Crippen molar-refractivity contribution in [2.24, 2.45) is 5.41 Å². The molecule has 0 aliphatic heterocycles. The van der Waals surface area contributed by atoms with Crippen LogP contribution in [0.2, 0.25) is 5.02 Å². The van der Waals surface area contributed by atoms with Gasteiger partial charge in [-0.15, -0.1) is 0 Å². The van der Waals surface area contributed by atoms with E-state index < -0.39 is 11.4 Å². The second-order valence-corrected chi connectivity index (χ2v) is 5.81. The Bertz CT molecular complexity index is 430. The van der Waals surface area contributed by atoms with Crippen molar-refractivity contribution in [1.82, 2.24) is 0 Å². The molecule has 0 bridgehead atoms. The van der Waals surface area contributed by atoms with Crippen molar-refractivity contribution in [3.05, 3.63) is 34.9 Å². The summed E-state index contributed by atoms with van der Waals surface area (Å²) in [4.78, 5) is 11.5. The first-order valence-electron chi connectivity index (χ1n) is 5.90. The van der Waals surface area contributed by atoms with Gasteiger partial charge in [-0.1, -0.05) is 30.2 Å². The van der Waals surface area contributed by atoms with Crippen LogP contribution in [0.25, 0.3) is 0 Å². The lowest BCUT2D eigenvalue weighted by atomic mass is 9.51. The van der Waals surface area contributed by atoms with Gasteiger partial charge in [0.1, 0.15) is 0 Å². The Morgan fingerprint density at radius 1 is 1.29 bits per heavy atom. The first-order chi connectivity index (χ1) is 7.90. The molecule has 0 spiro atoms. The Morgan fingerprint density at radius 3 is 2.18 bits per heavy atom. The van der Waals surface area contributed by atoms with E-state index in [1.807, 2.05) is 38.1 Å². The Kier molecular flexibility index (Phi) is 2.94. The molecule has 0 heterocycles. The van der Waals surface area contributed by atoms with Gasteiger partial charge in [0, 0.05) is 10.4 Å². The van der Waals surface area contributed by atoms with Crippen LogP contribution in [-0.4, -0.2) is 11.1 Å². The Labute approximate surface area is 107 Å². The summed E-state index contributed by atoms with van der Waals surface area (Å²) >= 11 is 5.88. The van der Waals surface area contributed by atoms with E-state index >= 15 is 0 Å². The number of carbonyl (C=O) groups is 1. The fraction of sp³-hybridized carbons (Fsp3) is 0.500. The maximum atomic E-state index is 11.5. The molecule has 1 fully saturated rings. The number of benzene rings is 1. The minimum absolute atomic E-state index is 0.233. The zero-order valence-corrected chi connectivity index (χ0v) is 10.9. The van der Waals surface area contributed by atoms with Crippen LogP contribution in [0.5, 0.6) is 0 Å². The van der Waals surface area contributed by atoms with Crippen molar-refractivity contribution in [3.8, 4) is 0 Å². The smallest absolute Gasteiger partial charge is 0.309 e. The van der Waals surface area contributed by atoms with Crippen LogP contribution in [0, 0.1) is 5.41 Å². The van der Waals surface area contributed by atoms with Gasteiger partial charge < -0.3 is 5.11 Å². The van der Waals surface area contributed by atoms with E-state index in [1.165, 1.54) is 0 Å². The SMILES string of the molecule is CC(C)(C(=O)O)C1(c2ccc(Cl)cc2)CCC1. The van der Waals surface area contributed by atoms with Crippen LogP contribution >= 0.6 is 11.6 Å². The molecule has 0 aromatic heterocycles. The number of carboxylic acid groups (broad SMARTS) is 1. The lowest BCUT2D eigenvalue weighted by Gasteiger charge is -2.51. The van der Waals surface area contributed by atoms with E-state index in [0.29, 0.717) is 5.02 Å². The second-order valence-electron chi connectivity index (χ2n) is 5.37. The van der Waals surface area contributed by atoms with Crippen LogP contribution in [-0.2, 0) is 10.2 Å². The molecule has 92 valence electrons. The average Bonchev–Trinajstić information content (AvgIpc) is 2.18. The molecule has 1 saturated carbocycles. The molecule has 1 aliphatic rings. The summed E-state index contributed by atoms with van der Waals surface area (Å²) in [6.45, 7) is 3.65. The molecule has 0 saturated heterocycles. The summed E-state index contributed by atoms with van der Waals surface area (Å²) in [5.74, 6) is -0.729. The van der Waals surface area contributed by atoms with Crippen LogP contribution in [0.3, 0.4) is 0 Å². The van der Waals surface area contributed by atoms with E-state index in [9.17, 15) is 9.90 Å². The summed E-state index contributed by atoms with van der Waals surface area (Å²) in [5, 5.41) is 10.1. The van der Waals surface area contributed by atoms with Crippen molar-refractivity contribution in [2.75, 3.05) is 0 Å². The van der Waals surface area contributed by atoms with E-state index in [1.54, 1.807) is 0 Å². The molecule has 1 N–H and O–H groups in total. The van der Waals surface area contributed by atoms with Gasteiger partial charge in [0.05, 0.1) is 5.41 Å². The van der Waals surface area contributed by atoms with Gasteiger partial charge in [0.15, 0.2) is 0 Å². The van der Waals surface area contributed by atoms with Crippen molar-refractivity contribution >= 4 is 17.6 Å². The van der Waals surface area contributed by atoms with Crippen LogP contribution in [0.1, 0.15) is 38.7 Å². The predicted octanol–water partition coefficient (Wildman–Crippen LogP) is 3.87. The van der Waals surface area contributed by atoms with Gasteiger partial charge in [0.2, 0.25) is 0 Å². The third-order valence-corrected chi connectivity index (χ3v) is 4.59. The van der Waals surface area contributed by atoms with E-state index in [2.05, 4.69) is 0 Å². The molecule has 1 aliphatic carbocycles. The number of rotatable bonds is 3. The molecule has 2 rings (SSSR count). The van der Waals surface area contributed by atoms with Gasteiger partial charge in [-0.2, -0.15) is 0 Å². The van der Waals surface area contributed by atoms with Crippen molar-refractivity contribution in [1.29, 1.82) is 0 Å². The van der Waals surface area contributed by atoms with Gasteiger partial charge in [0.25, 0.3) is 0 Å². The first kappa shape index (κ1) is 12.4. The zero-order valence-electron chi connectivity index (χ0n) is 10.2. The maximum absolute atomic E-state index is 11.5. The van der Waals surface area contributed by atoms with E-state index in [4.69, 9.17) is 11.6 Å². The lowest BCUT2D eigenvalue weighted by molar-refractivity contribution is -0.154. The molecule has 2 nitrogen and oxygen atoms in total. The molecule has 17 heavy (non-hydrogen) atoms. The summed E-state index contributed by atoms with van der Waals surface area (Å²) < 4.78 is 0. The predicted molar refractivity (Wildman–Crippen MR) is 68.4 cm³/mol. The number of carboxylic acids is 1. The fourth-order valence-corrected chi connectivity index (χ4v) is 2.90. The third-order valence-electron chi connectivity index (χ3n) is 4.33. The van der Waals surface area contributed by atoms with Gasteiger partial charge >= 0.3 is 5.97 Å². The standard InChI is InChI=1S/C14H17ClO2/c1-13(2,12(16)17)14(8-3-9-14)10-4-6-11(15)7-5-10/h4-7H,3,8-9H2,1-2H3,(H,16,17). The lowest BCUT2D eigenvalue weighted by Crippen LogP contribution is -2.51. The molecule has 1 aromatic carbocycles. The highest BCUT2D eigenvalue weighted by atomic mass is 35.5. The van der Waals surface area contributed by atoms with Crippen molar-refractivity contribution in [2.45, 2.75) is 38.5 Å². The van der Waals surface area contributed by atoms with E-state index in [0.717, 1.165) is 24.8 Å². The van der Waals surface area contributed by atoms with Crippen LogP contribution < -0.4 is 0 Å². The number of halogens is 1. The topological polar surface area (TPSA) is 37.3 Å². The van der Waals surface area contributed by atoms with Crippen LogP contribution in [0.4, 0.5) is 0 Å². The van der Waals surface area contributed by atoms with Crippen molar-refractivity contribution < 1.29 is 9.90 Å². The Balaban J connectivity index is 2.45. The highest BCUT2D eigenvalue weighted by Gasteiger charge is 2.54. The molecule has 3 heteroatoms. The highest BCUT2D eigenvalue weighted by Crippen LogP contribution is 2.55. The molecule has 1 aromatic rings. The van der Waals surface area contributed by atoms with Gasteiger partial charge in [-0.3, -0.25) is 4.79 Å². The third kappa shape index (κ3) is 1.75. The van der Waals surface area contributed by atoms with Gasteiger partial charge in [-0.05, 0) is 44.4 Å². The molecule has 0 amide bonds. The zero-order chi connectivity index (χ0) is 12.7. The maximum Gasteiger partial charge on any atom is 0.309 e. The van der Waals surface area contributed by atoms with Crippen LogP contribution in [0.15, 0.2) is 24.3 Å². The largest absolute Gasteiger partial charge is 0.481 e. The number of hydrogen-bond donors (Lipinski definition) is 1. The summed E-state index contributed by atoms with van der Waals surface area (Å²) in [6.07, 6.45) is 2.97.